The topological polar surface area (TPSA) is 31.7 Å². The first-order chi connectivity index (χ1) is 14.5. The highest BCUT2D eigenvalue weighted by Gasteiger charge is 2.36. The van der Waals surface area contributed by atoms with Crippen LogP contribution in [0, 0.1) is 6.92 Å². The Morgan fingerprint density at radius 2 is 1.73 bits per heavy atom. The Balaban J connectivity index is 1.58. The number of carbonyl (C=O) groups excluding carboxylic acids is 1. The van der Waals surface area contributed by atoms with Crippen LogP contribution in [-0.2, 0) is 6.54 Å². The van der Waals surface area contributed by atoms with Crippen molar-refractivity contribution < 1.29 is 4.79 Å². The van der Waals surface area contributed by atoms with Crippen LogP contribution in [0.4, 0.5) is 5.69 Å². The average molecular weight is 429 g/mol. The molecule has 0 aliphatic carbocycles. The minimum absolute atomic E-state index is 0.221. The lowest BCUT2D eigenvalue weighted by atomic mass is 10.0. The van der Waals surface area contributed by atoms with E-state index in [9.17, 15) is 4.79 Å². The van der Waals surface area contributed by atoms with Crippen molar-refractivity contribution in [2.75, 3.05) is 44.2 Å². The number of anilines is 1. The molecule has 0 bridgehead atoms. The monoisotopic (exact) mass is 428 g/mol. The lowest BCUT2D eigenvalue weighted by molar-refractivity contribution is 0.0751. The van der Waals surface area contributed by atoms with Crippen molar-refractivity contribution in [3.8, 4) is 0 Å². The summed E-state index contributed by atoms with van der Waals surface area (Å²) in [6, 6.07) is 8.44. The van der Waals surface area contributed by atoms with Crippen LogP contribution >= 0.6 is 11.6 Å². The molecule has 4 rings (SSSR count). The highest BCUT2D eigenvalue weighted by molar-refractivity contribution is 6.30. The Kier molecular flexibility index (Phi) is 6.40. The third kappa shape index (κ3) is 3.97. The van der Waals surface area contributed by atoms with Gasteiger partial charge in [-0.3, -0.25) is 9.69 Å². The summed E-state index contributed by atoms with van der Waals surface area (Å²) in [5.41, 5.74) is 4.54. The highest BCUT2D eigenvalue weighted by atomic mass is 35.5. The van der Waals surface area contributed by atoms with Crippen LogP contribution in [-0.4, -0.2) is 59.5 Å². The molecule has 1 aromatic carbocycles. The molecular weight excluding hydrogens is 396 g/mol. The van der Waals surface area contributed by atoms with E-state index in [-0.39, 0.29) is 5.91 Å². The van der Waals surface area contributed by atoms with E-state index in [2.05, 4.69) is 58.4 Å². The Morgan fingerprint density at radius 3 is 2.37 bits per heavy atom. The van der Waals surface area contributed by atoms with Crippen molar-refractivity contribution in [1.29, 1.82) is 0 Å². The predicted octanol–water partition coefficient (Wildman–Crippen LogP) is 4.59. The number of nitrogens with zero attached hydrogens (tertiary/aromatic N) is 4. The van der Waals surface area contributed by atoms with Crippen LogP contribution < -0.4 is 4.90 Å². The normalized spacial score (nSPS) is 20.4. The van der Waals surface area contributed by atoms with Gasteiger partial charge in [0.05, 0.1) is 11.6 Å². The molecule has 30 heavy (non-hydrogen) atoms. The molecule has 2 aliphatic heterocycles. The van der Waals surface area contributed by atoms with E-state index in [4.69, 9.17) is 11.6 Å². The van der Waals surface area contributed by atoms with E-state index in [0.29, 0.717) is 6.04 Å². The second-order valence-electron chi connectivity index (χ2n) is 8.45. The molecule has 0 N–H and O–H groups in total. The average Bonchev–Trinajstić information content (AvgIpc) is 3.02. The number of benzene rings is 1. The summed E-state index contributed by atoms with van der Waals surface area (Å²) in [5.74, 6) is 0.221. The van der Waals surface area contributed by atoms with Crippen molar-refractivity contribution in [2.24, 2.45) is 0 Å². The molecular formula is C24H33ClN4O. The number of carbonyl (C=O) groups is 1. The minimum atomic E-state index is 0.221. The van der Waals surface area contributed by atoms with Crippen molar-refractivity contribution in [1.82, 2.24) is 14.4 Å². The molecule has 1 unspecified atom stereocenters. The number of amides is 1. The summed E-state index contributed by atoms with van der Waals surface area (Å²) in [4.78, 5) is 20.4. The Labute approximate surface area is 185 Å². The van der Waals surface area contributed by atoms with Gasteiger partial charge in [-0.05, 0) is 56.5 Å². The van der Waals surface area contributed by atoms with E-state index in [1.165, 1.54) is 11.4 Å². The fourth-order valence-corrected chi connectivity index (χ4v) is 5.19. The first-order valence-corrected chi connectivity index (χ1v) is 11.6. The Bertz CT molecular complexity index is 883. The lowest BCUT2D eigenvalue weighted by Crippen LogP contribution is -2.48. The van der Waals surface area contributed by atoms with Gasteiger partial charge in [0.15, 0.2) is 0 Å². The zero-order valence-corrected chi connectivity index (χ0v) is 19.2. The van der Waals surface area contributed by atoms with Crippen LogP contribution in [0.25, 0.3) is 0 Å². The maximum Gasteiger partial charge on any atom is 0.256 e. The van der Waals surface area contributed by atoms with Crippen molar-refractivity contribution in [3.63, 3.8) is 0 Å². The van der Waals surface area contributed by atoms with E-state index in [1.54, 1.807) is 0 Å². The van der Waals surface area contributed by atoms with Gasteiger partial charge in [-0.15, -0.1) is 0 Å². The van der Waals surface area contributed by atoms with Crippen LogP contribution in [0.15, 0.2) is 30.5 Å². The molecule has 1 aromatic heterocycles. The maximum absolute atomic E-state index is 13.3. The Hall–Kier alpha value is -1.98. The molecule has 6 heteroatoms. The zero-order chi connectivity index (χ0) is 21.3. The molecule has 1 amide bonds. The molecule has 2 aliphatic rings. The molecule has 0 spiro atoms. The number of halogens is 1. The van der Waals surface area contributed by atoms with Gasteiger partial charge < -0.3 is 14.4 Å². The standard InChI is InChI=1S/C24H33ClN4O/c1-4-11-29-12-10-21(23-22(24(29)30)18(3)17-26(23)5-2)28-15-13-27(14-16-28)20-8-6-19(25)7-9-20/h6-9,17,21H,4-5,10-16H2,1-3H3. The fourth-order valence-electron chi connectivity index (χ4n) is 5.07. The summed E-state index contributed by atoms with van der Waals surface area (Å²) < 4.78 is 2.31. The number of rotatable bonds is 5. The van der Waals surface area contributed by atoms with Crippen molar-refractivity contribution in [2.45, 2.75) is 46.2 Å². The summed E-state index contributed by atoms with van der Waals surface area (Å²) >= 11 is 6.05. The minimum Gasteiger partial charge on any atom is -0.369 e. The van der Waals surface area contributed by atoms with Gasteiger partial charge in [0.25, 0.3) is 5.91 Å². The van der Waals surface area contributed by atoms with Gasteiger partial charge in [-0.25, -0.2) is 0 Å². The Morgan fingerprint density at radius 1 is 1.03 bits per heavy atom. The summed E-state index contributed by atoms with van der Waals surface area (Å²) in [6.07, 6.45) is 4.18. The van der Waals surface area contributed by atoms with E-state index >= 15 is 0 Å². The van der Waals surface area contributed by atoms with Gasteiger partial charge in [-0.1, -0.05) is 18.5 Å². The number of hydrogen-bond donors (Lipinski definition) is 0. The third-order valence-corrected chi connectivity index (χ3v) is 6.83. The molecule has 3 heterocycles. The molecule has 1 saturated heterocycles. The number of hydrogen-bond acceptors (Lipinski definition) is 3. The van der Waals surface area contributed by atoms with Crippen LogP contribution in [0.3, 0.4) is 0 Å². The highest BCUT2D eigenvalue weighted by Crippen LogP contribution is 2.35. The molecule has 0 radical (unpaired) electrons. The number of aromatic nitrogens is 1. The number of aryl methyl sites for hydroxylation is 2. The summed E-state index contributed by atoms with van der Waals surface area (Å²) in [7, 11) is 0. The molecule has 162 valence electrons. The largest absolute Gasteiger partial charge is 0.369 e. The second-order valence-corrected chi connectivity index (χ2v) is 8.89. The van der Waals surface area contributed by atoms with Gasteiger partial charge in [0, 0.05) is 68.4 Å². The van der Waals surface area contributed by atoms with Crippen LogP contribution in [0.2, 0.25) is 5.02 Å². The molecule has 1 fully saturated rings. The maximum atomic E-state index is 13.3. The van der Waals surface area contributed by atoms with Crippen molar-refractivity contribution in [3.05, 3.63) is 52.3 Å². The van der Waals surface area contributed by atoms with Gasteiger partial charge in [0.1, 0.15) is 0 Å². The van der Waals surface area contributed by atoms with Crippen LogP contribution in [0.1, 0.15) is 54.3 Å². The zero-order valence-electron chi connectivity index (χ0n) is 18.4. The quantitative estimate of drug-likeness (QED) is 0.698. The van der Waals surface area contributed by atoms with E-state index < -0.39 is 0 Å². The number of fused-ring (bicyclic) bond motifs is 1. The van der Waals surface area contributed by atoms with Gasteiger partial charge in [-0.2, -0.15) is 0 Å². The van der Waals surface area contributed by atoms with Crippen LogP contribution in [0.5, 0.6) is 0 Å². The van der Waals surface area contributed by atoms with Gasteiger partial charge in [0.2, 0.25) is 0 Å². The first-order valence-electron chi connectivity index (χ1n) is 11.3. The third-order valence-electron chi connectivity index (χ3n) is 6.58. The molecule has 5 nitrogen and oxygen atoms in total. The summed E-state index contributed by atoms with van der Waals surface area (Å²) in [6.45, 7) is 13.0. The molecule has 1 atom stereocenters. The van der Waals surface area contributed by atoms with E-state index in [1.807, 2.05) is 12.1 Å². The SMILES string of the molecule is CCCN1CCC(N2CCN(c3ccc(Cl)cc3)CC2)c2c(c(C)cn2CC)C1=O. The summed E-state index contributed by atoms with van der Waals surface area (Å²) in [5, 5.41) is 0.778. The van der Waals surface area contributed by atoms with Gasteiger partial charge >= 0.3 is 0 Å². The smallest absolute Gasteiger partial charge is 0.256 e. The van der Waals surface area contributed by atoms with Crippen molar-refractivity contribution >= 4 is 23.2 Å². The fraction of sp³-hybridized carbons (Fsp3) is 0.542. The lowest BCUT2D eigenvalue weighted by Gasteiger charge is -2.40. The molecule has 2 aromatic rings. The molecule has 0 saturated carbocycles. The first kappa shape index (κ1) is 21.3. The predicted molar refractivity (Wildman–Crippen MR) is 124 cm³/mol. The van der Waals surface area contributed by atoms with E-state index in [0.717, 1.165) is 74.8 Å². The number of piperazine rings is 1. The second kappa shape index (κ2) is 9.03.